The van der Waals surface area contributed by atoms with E-state index in [4.69, 9.17) is 28.2 Å². The highest BCUT2D eigenvalue weighted by molar-refractivity contribution is 6.36. The minimum Gasteiger partial charge on any atom is -0.309 e. The second-order valence-corrected chi connectivity index (χ2v) is 7.73. The van der Waals surface area contributed by atoms with Crippen LogP contribution in [0.5, 0.6) is 0 Å². The van der Waals surface area contributed by atoms with Gasteiger partial charge in [0.2, 0.25) is 0 Å². The van der Waals surface area contributed by atoms with Gasteiger partial charge in [-0.2, -0.15) is 0 Å². The Morgan fingerprint density at radius 1 is 1.28 bits per heavy atom. The van der Waals surface area contributed by atoms with E-state index in [1.54, 1.807) is 12.4 Å². The van der Waals surface area contributed by atoms with Crippen LogP contribution in [0.25, 0.3) is 22.4 Å². The lowest BCUT2D eigenvalue weighted by molar-refractivity contribution is 0.459. The third-order valence-corrected chi connectivity index (χ3v) is 5.80. The van der Waals surface area contributed by atoms with Crippen LogP contribution in [0.15, 0.2) is 24.5 Å². The van der Waals surface area contributed by atoms with E-state index in [1.807, 2.05) is 12.1 Å². The van der Waals surface area contributed by atoms with Crippen molar-refractivity contribution in [2.24, 2.45) is 11.8 Å². The summed E-state index contributed by atoms with van der Waals surface area (Å²) in [6, 6.07) is 5.84. The first-order valence-electron chi connectivity index (χ1n) is 8.68. The SMILES string of the molecule is CCc1nc2c(-c3ccc(Cl)cc3Cl)ncnc2n1C(C)C1CC1C. The van der Waals surface area contributed by atoms with Crippen molar-refractivity contribution in [3.8, 4) is 11.3 Å². The summed E-state index contributed by atoms with van der Waals surface area (Å²) in [7, 11) is 0. The number of aryl methyl sites for hydroxylation is 1. The Balaban J connectivity index is 1.92. The molecule has 1 saturated carbocycles. The first kappa shape index (κ1) is 16.8. The molecule has 1 fully saturated rings. The molecule has 1 aromatic carbocycles. The quantitative estimate of drug-likeness (QED) is 0.598. The molecule has 4 rings (SSSR count). The molecular weight excluding hydrogens is 355 g/mol. The van der Waals surface area contributed by atoms with Gasteiger partial charge in [0.1, 0.15) is 23.4 Å². The number of aromatic nitrogens is 4. The Morgan fingerprint density at radius 3 is 2.68 bits per heavy atom. The molecule has 2 aromatic heterocycles. The Morgan fingerprint density at radius 2 is 2.04 bits per heavy atom. The molecular formula is C19H20Cl2N4. The van der Waals surface area contributed by atoms with Crippen LogP contribution in [-0.4, -0.2) is 19.5 Å². The number of imidazole rings is 1. The van der Waals surface area contributed by atoms with E-state index in [0.717, 1.165) is 40.6 Å². The number of fused-ring (bicyclic) bond motifs is 1. The molecule has 6 heteroatoms. The van der Waals surface area contributed by atoms with E-state index in [9.17, 15) is 0 Å². The molecule has 0 saturated heterocycles. The van der Waals surface area contributed by atoms with Gasteiger partial charge in [-0.25, -0.2) is 15.0 Å². The van der Waals surface area contributed by atoms with Gasteiger partial charge in [0.15, 0.2) is 5.65 Å². The highest BCUT2D eigenvalue weighted by Crippen LogP contribution is 2.47. The molecule has 0 N–H and O–H groups in total. The van der Waals surface area contributed by atoms with Gasteiger partial charge in [-0.05, 0) is 43.4 Å². The van der Waals surface area contributed by atoms with E-state index in [-0.39, 0.29) is 0 Å². The predicted molar refractivity (Wildman–Crippen MR) is 102 cm³/mol. The number of halogens is 2. The Kier molecular flexibility index (Phi) is 4.20. The van der Waals surface area contributed by atoms with E-state index in [2.05, 4.69) is 35.3 Å². The first-order valence-corrected chi connectivity index (χ1v) is 9.44. The Bertz CT molecular complexity index is 950. The van der Waals surface area contributed by atoms with Crippen LogP contribution in [0.1, 0.15) is 39.1 Å². The van der Waals surface area contributed by atoms with Crippen molar-refractivity contribution in [2.45, 2.75) is 39.7 Å². The molecule has 2 heterocycles. The van der Waals surface area contributed by atoms with Crippen molar-refractivity contribution in [3.63, 3.8) is 0 Å². The lowest BCUT2D eigenvalue weighted by Gasteiger charge is -2.16. The third-order valence-electron chi connectivity index (χ3n) is 5.25. The highest BCUT2D eigenvalue weighted by Gasteiger charge is 2.39. The first-order chi connectivity index (χ1) is 12.0. The largest absolute Gasteiger partial charge is 0.309 e. The maximum Gasteiger partial charge on any atom is 0.164 e. The molecule has 25 heavy (non-hydrogen) atoms. The Labute approximate surface area is 157 Å². The second kappa shape index (κ2) is 6.26. The molecule has 0 spiro atoms. The van der Waals surface area contributed by atoms with Crippen LogP contribution in [0.3, 0.4) is 0 Å². The van der Waals surface area contributed by atoms with Crippen molar-refractivity contribution in [1.82, 2.24) is 19.5 Å². The van der Waals surface area contributed by atoms with Gasteiger partial charge in [0, 0.05) is 23.0 Å². The molecule has 0 bridgehead atoms. The topological polar surface area (TPSA) is 43.6 Å². The van der Waals surface area contributed by atoms with Crippen LogP contribution < -0.4 is 0 Å². The molecule has 0 amide bonds. The van der Waals surface area contributed by atoms with Crippen molar-refractivity contribution in [2.75, 3.05) is 0 Å². The molecule has 3 atom stereocenters. The molecule has 1 aliphatic carbocycles. The fourth-order valence-corrected chi connectivity index (χ4v) is 4.22. The average molecular weight is 375 g/mol. The van der Waals surface area contributed by atoms with E-state index in [0.29, 0.717) is 22.0 Å². The number of hydrogen-bond donors (Lipinski definition) is 0. The molecule has 130 valence electrons. The highest BCUT2D eigenvalue weighted by atomic mass is 35.5. The monoisotopic (exact) mass is 374 g/mol. The molecule has 0 aliphatic heterocycles. The number of rotatable bonds is 4. The zero-order valence-corrected chi connectivity index (χ0v) is 16.0. The maximum absolute atomic E-state index is 6.41. The summed E-state index contributed by atoms with van der Waals surface area (Å²) in [5.41, 5.74) is 3.29. The van der Waals surface area contributed by atoms with E-state index < -0.39 is 0 Å². The number of hydrogen-bond acceptors (Lipinski definition) is 3. The summed E-state index contributed by atoms with van der Waals surface area (Å²) in [6.45, 7) is 6.70. The zero-order valence-electron chi connectivity index (χ0n) is 14.5. The maximum atomic E-state index is 6.41. The summed E-state index contributed by atoms with van der Waals surface area (Å²) >= 11 is 12.4. The van der Waals surface area contributed by atoms with E-state index in [1.165, 1.54) is 6.42 Å². The zero-order chi connectivity index (χ0) is 17.7. The van der Waals surface area contributed by atoms with Crippen LogP contribution in [0.2, 0.25) is 10.0 Å². The lowest BCUT2D eigenvalue weighted by Crippen LogP contribution is -2.12. The van der Waals surface area contributed by atoms with Crippen LogP contribution in [-0.2, 0) is 6.42 Å². The van der Waals surface area contributed by atoms with Crippen molar-refractivity contribution >= 4 is 34.4 Å². The minimum absolute atomic E-state index is 0.387. The average Bonchev–Trinajstić information content (AvgIpc) is 3.19. The summed E-state index contributed by atoms with van der Waals surface area (Å²) in [5, 5.41) is 1.18. The normalized spacial score (nSPS) is 20.8. The lowest BCUT2D eigenvalue weighted by atomic mass is 10.1. The second-order valence-electron chi connectivity index (χ2n) is 6.89. The fourth-order valence-electron chi connectivity index (χ4n) is 3.72. The molecule has 3 unspecified atom stereocenters. The fraction of sp³-hybridized carbons (Fsp3) is 0.421. The van der Waals surface area contributed by atoms with Crippen LogP contribution in [0, 0.1) is 11.8 Å². The molecule has 0 radical (unpaired) electrons. The van der Waals surface area contributed by atoms with Crippen molar-refractivity contribution in [3.05, 3.63) is 40.4 Å². The van der Waals surface area contributed by atoms with Gasteiger partial charge in [0.25, 0.3) is 0 Å². The molecule has 1 aliphatic rings. The van der Waals surface area contributed by atoms with Crippen LogP contribution >= 0.6 is 23.2 Å². The summed E-state index contributed by atoms with van der Waals surface area (Å²) in [5.74, 6) is 2.51. The van der Waals surface area contributed by atoms with Gasteiger partial charge >= 0.3 is 0 Å². The molecule has 3 aromatic rings. The van der Waals surface area contributed by atoms with Crippen molar-refractivity contribution < 1.29 is 0 Å². The number of benzene rings is 1. The number of nitrogens with zero attached hydrogens (tertiary/aromatic N) is 4. The smallest absolute Gasteiger partial charge is 0.164 e. The summed E-state index contributed by atoms with van der Waals surface area (Å²) in [6.07, 6.45) is 3.73. The Hall–Kier alpha value is -1.65. The van der Waals surface area contributed by atoms with Gasteiger partial charge in [-0.15, -0.1) is 0 Å². The van der Waals surface area contributed by atoms with Gasteiger partial charge in [0.05, 0.1) is 5.02 Å². The summed E-state index contributed by atoms with van der Waals surface area (Å²) < 4.78 is 2.29. The van der Waals surface area contributed by atoms with Gasteiger partial charge < -0.3 is 4.57 Å². The third kappa shape index (κ3) is 2.81. The van der Waals surface area contributed by atoms with Crippen molar-refractivity contribution in [1.29, 1.82) is 0 Å². The van der Waals surface area contributed by atoms with Gasteiger partial charge in [-0.3, -0.25) is 0 Å². The van der Waals surface area contributed by atoms with E-state index >= 15 is 0 Å². The van der Waals surface area contributed by atoms with Gasteiger partial charge in [-0.1, -0.05) is 37.0 Å². The van der Waals surface area contributed by atoms with Crippen LogP contribution in [0.4, 0.5) is 0 Å². The minimum atomic E-state index is 0.387. The predicted octanol–water partition coefficient (Wildman–Crippen LogP) is 5.58. The standard InChI is InChI=1S/C19H20Cl2N4/c1-4-16-24-18-17(13-6-5-12(20)8-15(13)21)22-9-23-19(18)25(16)11(3)14-7-10(14)2/h5-6,8-11,14H,4,7H2,1-3H3. The summed E-state index contributed by atoms with van der Waals surface area (Å²) in [4.78, 5) is 13.9. The molecule has 4 nitrogen and oxygen atoms in total.